The summed E-state index contributed by atoms with van der Waals surface area (Å²) in [6.07, 6.45) is 0. The Labute approximate surface area is 199 Å². The number of fused-ring (bicyclic) bond motifs is 1. The molecule has 3 aromatic rings. The molecule has 35 heavy (non-hydrogen) atoms. The summed E-state index contributed by atoms with van der Waals surface area (Å²) >= 11 is 0. The number of carboxylic acid groups (broad SMARTS) is 1. The van der Waals surface area contributed by atoms with E-state index in [9.17, 15) is 37.0 Å². The van der Waals surface area contributed by atoms with Crippen LogP contribution < -0.4 is 4.90 Å². The topological polar surface area (TPSA) is 115 Å². The van der Waals surface area contributed by atoms with Gasteiger partial charge in [-0.05, 0) is 55.0 Å². The molecule has 1 aliphatic heterocycles. The van der Waals surface area contributed by atoms with Crippen molar-refractivity contribution in [3.63, 3.8) is 0 Å². The summed E-state index contributed by atoms with van der Waals surface area (Å²) in [5, 5.41) is 19.6. The Morgan fingerprint density at radius 2 is 1.63 bits per heavy atom. The number of rotatable bonds is 4. The minimum atomic E-state index is -4.43. The van der Waals surface area contributed by atoms with Crippen LogP contribution in [-0.2, 0) is 21.4 Å². The fourth-order valence-corrected chi connectivity index (χ4v) is 5.78. The lowest BCUT2D eigenvalue weighted by Crippen LogP contribution is -2.55. The number of para-hydroxylation sites is 1. The van der Waals surface area contributed by atoms with Crippen molar-refractivity contribution >= 4 is 27.6 Å². The molecule has 0 spiro atoms. The SMILES string of the molecule is CC1C(C(=O)O)N(S(=O)(=O)c2ccc(O)cc2)Cc2ccccc2N1C(=O)c1cccc(F)c1F. The van der Waals surface area contributed by atoms with Crippen LogP contribution in [0.15, 0.2) is 71.6 Å². The van der Waals surface area contributed by atoms with Gasteiger partial charge in [-0.25, -0.2) is 17.2 Å². The van der Waals surface area contributed by atoms with Gasteiger partial charge < -0.3 is 15.1 Å². The van der Waals surface area contributed by atoms with Gasteiger partial charge in [-0.1, -0.05) is 24.3 Å². The normalized spacial score (nSPS) is 18.5. The zero-order valence-corrected chi connectivity index (χ0v) is 19.1. The van der Waals surface area contributed by atoms with Crippen molar-refractivity contribution in [1.82, 2.24) is 4.31 Å². The van der Waals surface area contributed by atoms with Gasteiger partial charge >= 0.3 is 5.97 Å². The van der Waals surface area contributed by atoms with Crippen molar-refractivity contribution < 1.29 is 37.0 Å². The standard InChI is InChI=1S/C24H20F2N2O6S/c1-14-22(24(31)32)27(35(33,34)17-11-9-16(29)10-12-17)13-15-5-2-3-8-20(15)28(14)23(30)18-6-4-7-19(25)21(18)26/h2-12,14,22,29H,13H2,1H3,(H,31,32). The maximum absolute atomic E-state index is 14.5. The molecule has 182 valence electrons. The molecule has 8 nitrogen and oxygen atoms in total. The molecule has 1 amide bonds. The molecule has 1 aliphatic rings. The van der Waals surface area contributed by atoms with Gasteiger partial charge in [0.25, 0.3) is 5.91 Å². The Hall–Kier alpha value is -3.83. The van der Waals surface area contributed by atoms with Crippen molar-refractivity contribution in [3.05, 3.63) is 89.5 Å². The predicted molar refractivity (Wildman–Crippen MR) is 121 cm³/mol. The van der Waals surface area contributed by atoms with Gasteiger partial charge in [-0.3, -0.25) is 9.59 Å². The number of aliphatic carboxylic acids is 1. The quantitative estimate of drug-likeness (QED) is 0.565. The van der Waals surface area contributed by atoms with Crippen LogP contribution in [-0.4, -0.2) is 46.9 Å². The molecule has 0 aliphatic carbocycles. The highest BCUT2D eigenvalue weighted by Gasteiger charge is 2.46. The second-order valence-electron chi connectivity index (χ2n) is 7.97. The van der Waals surface area contributed by atoms with E-state index in [2.05, 4.69) is 0 Å². The molecule has 0 saturated carbocycles. The smallest absolute Gasteiger partial charge is 0.324 e. The summed E-state index contributed by atoms with van der Waals surface area (Å²) < 4.78 is 56.2. The van der Waals surface area contributed by atoms with Crippen molar-refractivity contribution in [2.45, 2.75) is 30.4 Å². The van der Waals surface area contributed by atoms with E-state index < -0.39 is 57.7 Å². The summed E-state index contributed by atoms with van der Waals surface area (Å²) in [6, 6.07) is 10.7. The number of anilines is 1. The zero-order valence-electron chi connectivity index (χ0n) is 18.3. The first kappa shape index (κ1) is 24.3. The average Bonchev–Trinajstić information content (AvgIpc) is 2.95. The third-order valence-electron chi connectivity index (χ3n) is 5.85. The molecule has 0 aromatic heterocycles. The molecule has 0 radical (unpaired) electrons. The van der Waals surface area contributed by atoms with Gasteiger partial charge in [-0.2, -0.15) is 4.31 Å². The molecule has 0 fully saturated rings. The van der Waals surface area contributed by atoms with E-state index in [-0.39, 0.29) is 21.9 Å². The minimum absolute atomic E-state index is 0.170. The number of carbonyl (C=O) groups is 2. The summed E-state index contributed by atoms with van der Waals surface area (Å²) in [6.45, 7) is 0.922. The van der Waals surface area contributed by atoms with E-state index in [0.29, 0.717) is 0 Å². The summed E-state index contributed by atoms with van der Waals surface area (Å²) in [7, 11) is -4.43. The summed E-state index contributed by atoms with van der Waals surface area (Å²) in [4.78, 5) is 26.6. The molecule has 11 heteroatoms. The molecular weight excluding hydrogens is 482 g/mol. The summed E-state index contributed by atoms with van der Waals surface area (Å²) in [5.74, 6) is -5.38. The Morgan fingerprint density at radius 1 is 0.971 bits per heavy atom. The maximum Gasteiger partial charge on any atom is 0.324 e. The number of sulfonamides is 1. The number of benzene rings is 3. The second kappa shape index (κ2) is 9.08. The van der Waals surface area contributed by atoms with Crippen LogP contribution in [0.4, 0.5) is 14.5 Å². The Bertz CT molecular complexity index is 1410. The van der Waals surface area contributed by atoms with Crippen LogP contribution in [0.5, 0.6) is 5.75 Å². The van der Waals surface area contributed by atoms with Gasteiger partial charge in [-0.15, -0.1) is 0 Å². The lowest BCUT2D eigenvalue weighted by molar-refractivity contribution is -0.142. The Balaban J connectivity index is 1.90. The largest absolute Gasteiger partial charge is 0.508 e. The molecule has 4 rings (SSSR count). The maximum atomic E-state index is 14.5. The number of hydrogen-bond acceptors (Lipinski definition) is 5. The summed E-state index contributed by atoms with van der Waals surface area (Å²) in [5.41, 5.74) is -0.162. The molecule has 2 N–H and O–H groups in total. The highest BCUT2D eigenvalue weighted by Crippen LogP contribution is 2.35. The van der Waals surface area contributed by atoms with Crippen molar-refractivity contribution in [1.29, 1.82) is 0 Å². The zero-order chi connectivity index (χ0) is 25.5. The van der Waals surface area contributed by atoms with Crippen LogP contribution in [0.2, 0.25) is 0 Å². The average molecular weight is 502 g/mol. The molecule has 1 heterocycles. The molecule has 0 bridgehead atoms. The molecule has 0 saturated heterocycles. The van der Waals surface area contributed by atoms with Crippen LogP contribution in [0.3, 0.4) is 0 Å². The van der Waals surface area contributed by atoms with E-state index in [1.807, 2.05) is 0 Å². The van der Waals surface area contributed by atoms with Crippen molar-refractivity contribution in [3.8, 4) is 5.75 Å². The highest BCUT2D eigenvalue weighted by atomic mass is 32.2. The van der Waals surface area contributed by atoms with Crippen molar-refractivity contribution in [2.24, 2.45) is 0 Å². The molecular formula is C24H20F2N2O6S. The fourth-order valence-electron chi connectivity index (χ4n) is 4.16. The first-order valence-corrected chi connectivity index (χ1v) is 11.9. The van der Waals surface area contributed by atoms with E-state index >= 15 is 0 Å². The van der Waals surface area contributed by atoms with Gasteiger partial charge in [0.15, 0.2) is 11.6 Å². The highest BCUT2D eigenvalue weighted by molar-refractivity contribution is 7.89. The number of carboxylic acids is 1. The third kappa shape index (κ3) is 4.24. The number of hydrogen-bond donors (Lipinski definition) is 2. The first-order chi connectivity index (χ1) is 16.5. The lowest BCUT2D eigenvalue weighted by atomic mass is 10.1. The van der Waals surface area contributed by atoms with E-state index in [1.54, 1.807) is 12.1 Å². The number of halogens is 2. The van der Waals surface area contributed by atoms with Crippen LogP contribution in [0, 0.1) is 11.6 Å². The van der Waals surface area contributed by atoms with E-state index in [0.717, 1.165) is 51.7 Å². The van der Waals surface area contributed by atoms with E-state index in [1.165, 1.54) is 19.1 Å². The van der Waals surface area contributed by atoms with Gasteiger partial charge in [0.2, 0.25) is 10.0 Å². The van der Waals surface area contributed by atoms with Crippen LogP contribution >= 0.6 is 0 Å². The minimum Gasteiger partial charge on any atom is -0.508 e. The van der Waals surface area contributed by atoms with Crippen LogP contribution in [0.1, 0.15) is 22.8 Å². The van der Waals surface area contributed by atoms with E-state index in [4.69, 9.17) is 0 Å². The van der Waals surface area contributed by atoms with Gasteiger partial charge in [0.05, 0.1) is 16.5 Å². The predicted octanol–water partition coefficient (Wildman–Crippen LogP) is 3.36. The number of phenolic OH excluding ortho intramolecular Hbond substituents is 1. The number of aromatic hydroxyl groups is 1. The third-order valence-corrected chi connectivity index (χ3v) is 7.69. The number of carbonyl (C=O) groups excluding carboxylic acids is 1. The number of nitrogens with zero attached hydrogens (tertiary/aromatic N) is 2. The monoisotopic (exact) mass is 502 g/mol. The number of phenols is 1. The molecule has 2 unspecified atom stereocenters. The fraction of sp³-hybridized carbons (Fsp3) is 0.167. The first-order valence-electron chi connectivity index (χ1n) is 10.4. The molecule has 2 atom stereocenters. The Morgan fingerprint density at radius 3 is 2.29 bits per heavy atom. The van der Waals surface area contributed by atoms with Gasteiger partial charge in [0, 0.05) is 12.2 Å². The van der Waals surface area contributed by atoms with Gasteiger partial charge in [0.1, 0.15) is 11.8 Å². The number of amides is 1. The Kier molecular flexibility index (Phi) is 6.30. The van der Waals surface area contributed by atoms with Crippen molar-refractivity contribution in [2.75, 3.05) is 4.90 Å². The lowest BCUT2D eigenvalue weighted by Gasteiger charge is -2.34. The second-order valence-corrected chi connectivity index (χ2v) is 9.86. The van der Waals surface area contributed by atoms with Crippen LogP contribution in [0.25, 0.3) is 0 Å². The molecule has 3 aromatic carbocycles.